The summed E-state index contributed by atoms with van der Waals surface area (Å²) in [6.45, 7) is 3.05. The number of halogens is 1. The van der Waals surface area contributed by atoms with Gasteiger partial charge in [0, 0.05) is 17.6 Å². The van der Waals surface area contributed by atoms with E-state index >= 15 is 0 Å². The summed E-state index contributed by atoms with van der Waals surface area (Å²) >= 11 is 5.81. The van der Waals surface area contributed by atoms with Crippen molar-refractivity contribution in [1.82, 2.24) is 4.98 Å². The minimum absolute atomic E-state index is 0.0780. The summed E-state index contributed by atoms with van der Waals surface area (Å²) in [6.07, 6.45) is 1.37. The molecule has 0 saturated carbocycles. The number of rotatable bonds is 7. The maximum atomic E-state index is 12.3. The molecule has 0 aliphatic rings. The molecule has 0 bridgehead atoms. The highest BCUT2D eigenvalue weighted by Gasteiger charge is 2.32. The molecule has 1 N–H and O–H groups in total. The zero-order chi connectivity index (χ0) is 20.0. The minimum Gasteiger partial charge on any atom is -0.478 e. The van der Waals surface area contributed by atoms with Crippen LogP contribution >= 0.6 is 11.6 Å². The van der Waals surface area contributed by atoms with Gasteiger partial charge in [0.2, 0.25) is 0 Å². The van der Waals surface area contributed by atoms with E-state index in [1.165, 1.54) is 12.3 Å². The molecule has 2 rings (SSSR count). The van der Waals surface area contributed by atoms with Gasteiger partial charge in [-0.05, 0) is 44.2 Å². The van der Waals surface area contributed by atoms with E-state index in [9.17, 15) is 14.7 Å². The highest BCUT2D eigenvalue weighted by molar-refractivity contribution is 6.30. The van der Waals surface area contributed by atoms with Crippen LogP contribution in [0.2, 0.25) is 5.02 Å². The number of carboxylic acids is 1. The number of aromatic carboxylic acids is 1. The Labute approximate surface area is 161 Å². The van der Waals surface area contributed by atoms with Gasteiger partial charge in [-0.25, -0.2) is 9.59 Å². The Balaban J connectivity index is 1.98. The number of nitrogens with zero attached hydrogens (tertiary/aromatic N) is 2. The first-order valence-electron chi connectivity index (χ1n) is 7.97. The van der Waals surface area contributed by atoms with Gasteiger partial charge in [-0.15, -0.1) is 0 Å². The summed E-state index contributed by atoms with van der Waals surface area (Å²) in [5, 5.41) is 18.6. The summed E-state index contributed by atoms with van der Waals surface area (Å²) in [6, 6.07) is 9.62. The van der Waals surface area contributed by atoms with Crippen LogP contribution in [0.3, 0.4) is 0 Å². The Hall–Kier alpha value is -3.11. The number of carbonyl (C=O) groups excluding carboxylic acids is 1. The molecule has 1 heterocycles. The molecule has 1 aromatic heterocycles. The van der Waals surface area contributed by atoms with Crippen molar-refractivity contribution in [1.29, 1.82) is 5.26 Å². The summed E-state index contributed by atoms with van der Waals surface area (Å²) in [5.74, 6) is -1.35. The molecule has 0 aliphatic carbocycles. The quantitative estimate of drug-likeness (QED) is 0.725. The van der Waals surface area contributed by atoms with Crippen molar-refractivity contribution in [2.24, 2.45) is 0 Å². The van der Waals surface area contributed by atoms with Crippen LogP contribution in [0.25, 0.3) is 0 Å². The first kappa shape index (κ1) is 20.2. The average molecular weight is 389 g/mol. The SMILES string of the molecule is CC(C)(Oc1ccc(Cl)cc1)C(=O)OCCc1ncc(C#N)cc1C(=O)O. The van der Waals surface area contributed by atoms with Crippen molar-refractivity contribution in [2.45, 2.75) is 25.9 Å². The minimum atomic E-state index is -1.25. The van der Waals surface area contributed by atoms with Gasteiger partial charge in [-0.1, -0.05) is 11.6 Å². The van der Waals surface area contributed by atoms with Crippen molar-refractivity contribution in [3.63, 3.8) is 0 Å². The number of carbonyl (C=O) groups is 2. The third kappa shape index (κ3) is 5.43. The molecule has 0 atom stereocenters. The summed E-state index contributed by atoms with van der Waals surface area (Å²) in [5.41, 5.74) is -0.972. The van der Waals surface area contributed by atoms with Crippen LogP contribution in [0.1, 0.15) is 35.5 Å². The molecule has 0 spiro atoms. The lowest BCUT2D eigenvalue weighted by molar-refractivity contribution is -0.159. The zero-order valence-electron chi connectivity index (χ0n) is 14.7. The molecule has 7 nitrogen and oxygen atoms in total. The summed E-state index contributed by atoms with van der Waals surface area (Å²) < 4.78 is 10.8. The lowest BCUT2D eigenvalue weighted by Crippen LogP contribution is -2.40. The monoisotopic (exact) mass is 388 g/mol. The van der Waals surface area contributed by atoms with E-state index in [2.05, 4.69) is 4.98 Å². The van der Waals surface area contributed by atoms with Crippen molar-refractivity contribution in [3.8, 4) is 11.8 Å². The molecular formula is C19H17ClN2O5. The average Bonchev–Trinajstić information content (AvgIpc) is 2.63. The van der Waals surface area contributed by atoms with Gasteiger partial charge in [-0.3, -0.25) is 4.98 Å². The molecule has 0 saturated heterocycles. The Morgan fingerprint density at radius 1 is 1.30 bits per heavy atom. The maximum absolute atomic E-state index is 12.3. The van der Waals surface area contributed by atoms with Crippen LogP contribution in [0, 0.1) is 11.3 Å². The largest absolute Gasteiger partial charge is 0.478 e. The summed E-state index contributed by atoms with van der Waals surface area (Å²) in [4.78, 5) is 27.5. The van der Waals surface area contributed by atoms with Crippen LogP contribution < -0.4 is 4.74 Å². The molecular weight excluding hydrogens is 372 g/mol. The van der Waals surface area contributed by atoms with E-state index in [1.807, 2.05) is 6.07 Å². The molecule has 8 heteroatoms. The second-order valence-corrected chi connectivity index (χ2v) is 6.52. The third-order valence-corrected chi connectivity index (χ3v) is 3.83. The van der Waals surface area contributed by atoms with Gasteiger partial charge in [-0.2, -0.15) is 5.26 Å². The molecule has 27 heavy (non-hydrogen) atoms. The highest BCUT2D eigenvalue weighted by Crippen LogP contribution is 2.22. The van der Waals surface area contributed by atoms with E-state index in [-0.39, 0.29) is 29.8 Å². The molecule has 0 amide bonds. The number of pyridine rings is 1. The molecule has 2 aromatic rings. The number of ether oxygens (including phenoxy) is 2. The number of aromatic nitrogens is 1. The van der Waals surface area contributed by atoms with E-state index in [4.69, 9.17) is 26.3 Å². The van der Waals surface area contributed by atoms with Crippen LogP contribution in [0.4, 0.5) is 0 Å². The third-order valence-electron chi connectivity index (χ3n) is 3.58. The van der Waals surface area contributed by atoms with E-state index in [0.717, 1.165) is 0 Å². The van der Waals surface area contributed by atoms with Crippen LogP contribution in [-0.4, -0.2) is 34.2 Å². The normalized spacial score (nSPS) is 10.7. The first-order chi connectivity index (χ1) is 12.7. The fraction of sp³-hybridized carbons (Fsp3) is 0.263. The van der Waals surface area contributed by atoms with E-state index in [0.29, 0.717) is 10.8 Å². The molecule has 0 fully saturated rings. The van der Waals surface area contributed by atoms with Gasteiger partial charge in [0.25, 0.3) is 0 Å². The second-order valence-electron chi connectivity index (χ2n) is 6.09. The fourth-order valence-electron chi connectivity index (χ4n) is 2.19. The van der Waals surface area contributed by atoms with Crippen molar-refractivity contribution < 1.29 is 24.2 Å². The lowest BCUT2D eigenvalue weighted by Gasteiger charge is -2.24. The number of hydrogen-bond acceptors (Lipinski definition) is 6. The fourth-order valence-corrected chi connectivity index (χ4v) is 2.32. The Morgan fingerprint density at radius 2 is 1.96 bits per heavy atom. The molecule has 140 valence electrons. The van der Waals surface area contributed by atoms with Crippen LogP contribution in [0.5, 0.6) is 5.75 Å². The predicted octanol–water partition coefficient (Wildman–Crippen LogP) is 3.25. The lowest BCUT2D eigenvalue weighted by atomic mass is 10.1. The Kier molecular flexibility index (Phi) is 6.37. The van der Waals surface area contributed by atoms with Gasteiger partial charge in [0.1, 0.15) is 11.8 Å². The van der Waals surface area contributed by atoms with Gasteiger partial charge in [0.05, 0.1) is 23.4 Å². The number of hydrogen-bond donors (Lipinski definition) is 1. The van der Waals surface area contributed by atoms with E-state index in [1.54, 1.807) is 38.1 Å². The number of esters is 1. The van der Waals surface area contributed by atoms with Crippen LogP contribution in [0.15, 0.2) is 36.5 Å². The zero-order valence-corrected chi connectivity index (χ0v) is 15.5. The van der Waals surface area contributed by atoms with Crippen molar-refractivity contribution in [3.05, 3.63) is 58.4 Å². The van der Waals surface area contributed by atoms with Gasteiger partial charge < -0.3 is 14.6 Å². The van der Waals surface area contributed by atoms with Gasteiger partial charge in [0.15, 0.2) is 5.60 Å². The van der Waals surface area contributed by atoms with Crippen LogP contribution in [-0.2, 0) is 16.0 Å². The van der Waals surface area contributed by atoms with Crippen molar-refractivity contribution in [2.75, 3.05) is 6.61 Å². The number of benzene rings is 1. The number of nitriles is 1. The summed E-state index contributed by atoms with van der Waals surface area (Å²) in [7, 11) is 0. The number of carboxylic acid groups (broad SMARTS) is 1. The Morgan fingerprint density at radius 3 is 2.56 bits per heavy atom. The molecule has 0 unspecified atom stereocenters. The standard InChI is InChI=1S/C19H17ClN2O5/c1-19(2,27-14-5-3-13(20)4-6-14)18(25)26-8-7-16-15(17(23)24)9-12(10-21)11-22-16/h3-6,9,11H,7-8H2,1-2H3,(H,23,24). The topological polar surface area (TPSA) is 110 Å². The van der Waals surface area contributed by atoms with E-state index < -0.39 is 17.5 Å². The smallest absolute Gasteiger partial charge is 0.349 e. The van der Waals surface area contributed by atoms with Gasteiger partial charge >= 0.3 is 11.9 Å². The molecule has 0 aliphatic heterocycles. The molecule has 0 radical (unpaired) electrons. The Bertz CT molecular complexity index is 888. The predicted molar refractivity (Wildman–Crippen MR) is 96.7 cm³/mol. The highest BCUT2D eigenvalue weighted by atomic mass is 35.5. The maximum Gasteiger partial charge on any atom is 0.349 e. The first-order valence-corrected chi connectivity index (χ1v) is 8.35. The van der Waals surface area contributed by atoms with Crippen molar-refractivity contribution >= 4 is 23.5 Å². The molecule has 1 aromatic carbocycles. The second kappa shape index (κ2) is 8.52.